The first kappa shape index (κ1) is 18.4. The predicted molar refractivity (Wildman–Crippen MR) is 112 cm³/mol. The summed E-state index contributed by atoms with van der Waals surface area (Å²) < 4.78 is 5.64. The van der Waals surface area contributed by atoms with E-state index in [1.54, 1.807) is 34.9 Å². The summed E-state index contributed by atoms with van der Waals surface area (Å²) in [6, 6.07) is 1.91. The average Bonchev–Trinajstić information content (AvgIpc) is 3.46. The molecule has 0 radical (unpaired) electrons. The van der Waals surface area contributed by atoms with E-state index in [-0.39, 0.29) is 17.9 Å². The van der Waals surface area contributed by atoms with Crippen molar-refractivity contribution in [1.82, 2.24) is 39.3 Å². The molecule has 10 nitrogen and oxygen atoms in total. The van der Waals surface area contributed by atoms with Crippen LogP contribution in [0.15, 0.2) is 29.5 Å². The fraction of sp³-hybridized carbons (Fsp3) is 0.263. The molecule has 0 saturated heterocycles. The highest BCUT2D eigenvalue weighted by molar-refractivity contribution is 7.19. The molecule has 0 aromatic carbocycles. The fourth-order valence-corrected chi connectivity index (χ4v) is 4.77. The van der Waals surface area contributed by atoms with Crippen molar-refractivity contribution in [2.75, 3.05) is 0 Å². The Morgan fingerprint density at radius 1 is 1.30 bits per heavy atom. The van der Waals surface area contributed by atoms with Gasteiger partial charge in [0.25, 0.3) is 5.56 Å². The summed E-state index contributed by atoms with van der Waals surface area (Å²) in [6.45, 7) is 1.61. The van der Waals surface area contributed by atoms with E-state index < -0.39 is 0 Å². The standard InChI is InChI=1S/C19H18N8O2S/c1-10(28)13-8-25(2)24-14(13)9-27-19(29)16-12(7-21-27)17-18(26(16)3)22-15(30-17)6-11-4-5-20-23-11/h4-5,7-8H,6,9H2,1-3H3,(H,20,23). The minimum absolute atomic E-state index is 0.0970. The number of carbonyl (C=O) groups is 1. The van der Waals surface area contributed by atoms with Crippen LogP contribution in [0.2, 0.25) is 0 Å². The molecule has 0 aliphatic carbocycles. The van der Waals surface area contributed by atoms with Gasteiger partial charge in [0.1, 0.15) is 10.5 Å². The van der Waals surface area contributed by atoms with Crippen molar-refractivity contribution >= 4 is 38.4 Å². The number of ketones is 1. The van der Waals surface area contributed by atoms with Crippen LogP contribution in [-0.2, 0) is 27.1 Å². The number of rotatable bonds is 5. The molecule has 5 aromatic heterocycles. The van der Waals surface area contributed by atoms with E-state index in [0.717, 1.165) is 26.4 Å². The summed E-state index contributed by atoms with van der Waals surface area (Å²) in [5.41, 5.74) is 2.97. The zero-order chi connectivity index (χ0) is 21.0. The van der Waals surface area contributed by atoms with Gasteiger partial charge in [-0.2, -0.15) is 15.3 Å². The van der Waals surface area contributed by atoms with Crippen molar-refractivity contribution in [3.63, 3.8) is 0 Å². The molecule has 11 heteroatoms. The van der Waals surface area contributed by atoms with Crippen LogP contribution < -0.4 is 5.56 Å². The molecule has 0 unspecified atom stereocenters. The molecule has 5 aromatic rings. The summed E-state index contributed by atoms with van der Waals surface area (Å²) in [4.78, 5) is 29.8. The van der Waals surface area contributed by atoms with Crippen LogP contribution in [0.4, 0.5) is 0 Å². The van der Waals surface area contributed by atoms with Crippen molar-refractivity contribution in [3.8, 4) is 0 Å². The Balaban J connectivity index is 1.58. The molecular formula is C19H18N8O2S. The molecule has 0 atom stereocenters. The van der Waals surface area contributed by atoms with E-state index in [4.69, 9.17) is 4.98 Å². The van der Waals surface area contributed by atoms with Gasteiger partial charge >= 0.3 is 0 Å². The summed E-state index contributed by atoms with van der Waals surface area (Å²) in [7, 11) is 3.57. The summed E-state index contributed by atoms with van der Waals surface area (Å²) >= 11 is 1.54. The van der Waals surface area contributed by atoms with Crippen LogP contribution in [0.1, 0.15) is 33.7 Å². The number of hydrogen-bond acceptors (Lipinski definition) is 7. The topological polar surface area (TPSA) is 116 Å². The Kier molecular flexibility index (Phi) is 4.13. The number of carbonyl (C=O) groups excluding carboxylic acids is 1. The molecule has 0 amide bonds. The zero-order valence-electron chi connectivity index (χ0n) is 16.6. The SMILES string of the molecule is CC(=O)c1cn(C)nc1Cn1ncc2c3sc(Cc4cc[nH]n4)nc3n(C)c2c1=O. The molecule has 5 heterocycles. The maximum absolute atomic E-state index is 13.2. The molecular weight excluding hydrogens is 404 g/mol. The van der Waals surface area contributed by atoms with Crippen LogP contribution >= 0.6 is 11.3 Å². The number of aromatic amines is 1. The van der Waals surface area contributed by atoms with Gasteiger partial charge in [0.05, 0.1) is 34.4 Å². The van der Waals surface area contributed by atoms with E-state index in [0.29, 0.717) is 23.2 Å². The van der Waals surface area contributed by atoms with Gasteiger partial charge in [-0.25, -0.2) is 9.67 Å². The molecule has 0 bridgehead atoms. The Morgan fingerprint density at radius 2 is 2.13 bits per heavy atom. The van der Waals surface area contributed by atoms with Crippen molar-refractivity contribution in [2.24, 2.45) is 14.1 Å². The van der Waals surface area contributed by atoms with Gasteiger partial charge in [-0.05, 0) is 13.0 Å². The molecule has 0 aliphatic rings. The van der Waals surface area contributed by atoms with Gasteiger partial charge in [0.15, 0.2) is 11.4 Å². The minimum atomic E-state index is -0.241. The molecule has 5 rings (SSSR count). The third-order valence-electron chi connectivity index (χ3n) is 5.04. The number of aryl methyl sites for hydroxylation is 2. The summed E-state index contributed by atoms with van der Waals surface area (Å²) in [5, 5.41) is 17.3. The summed E-state index contributed by atoms with van der Waals surface area (Å²) in [5.74, 6) is -0.0970. The maximum Gasteiger partial charge on any atom is 0.291 e. The van der Waals surface area contributed by atoms with Crippen LogP contribution in [0.3, 0.4) is 0 Å². The lowest BCUT2D eigenvalue weighted by Crippen LogP contribution is -2.25. The van der Waals surface area contributed by atoms with Gasteiger partial charge in [-0.3, -0.25) is 19.4 Å². The first-order chi connectivity index (χ1) is 14.4. The van der Waals surface area contributed by atoms with E-state index >= 15 is 0 Å². The third-order valence-corrected chi connectivity index (χ3v) is 6.12. The van der Waals surface area contributed by atoms with Crippen molar-refractivity contribution in [2.45, 2.75) is 19.9 Å². The maximum atomic E-state index is 13.2. The number of thiazole rings is 1. The highest BCUT2D eigenvalue weighted by Crippen LogP contribution is 2.31. The number of nitrogens with zero attached hydrogens (tertiary/aromatic N) is 7. The van der Waals surface area contributed by atoms with Crippen LogP contribution in [0, 0.1) is 0 Å². The van der Waals surface area contributed by atoms with Gasteiger partial charge in [0, 0.05) is 38.3 Å². The second-order valence-electron chi connectivity index (χ2n) is 7.15. The molecule has 0 spiro atoms. The zero-order valence-corrected chi connectivity index (χ0v) is 17.4. The molecule has 0 aliphatic heterocycles. The highest BCUT2D eigenvalue weighted by atomic mass is 32.1. The van der Waals surface area contributed by atoms with Gasteiger partial charge in [-0.15, -0.1) is 11.3 Å². The average molecular weight is 422 g/mol. The Hall–Kier alpha value is -3.60. The largest absolute Gasteiger partial charge is 0.323 e. The molecule has 152 valence electrons. The van der Waals surface area contributed by atoms with Crippen LogP contribution in [-0.4, -0.2) is 45.1 Å². The lowest BCUT2D eigenvalue weighted by atomic mass is 10.2. The monoisotopic (exact) mass is 422 g/mol. The second kappa shape index (κ2) is 6.73. The first-order valence-corrected chi connectivity index (χ1v) is 10.1. The first-order valence-electron chi connectivity index (χ1n) is 9.28. The number of hydrogen-bond donors (Lipinski definition) is 1. The third kappa shape index (κ3) is 2.86. The Labute approximate surface area is 173 Å². The number of H-pyrrole nitrogens is 1. The predicted octanol–water partition coefficient (Wildman–Crippen LogP) is 1.64. The number of nitrogens with one attached hydrogen (secondary N) is 1. The number of Topliss-reactive ketones (excluding diaryl/α,β-unsaturated/α-hetero) is 1. The quantitative estimate of drug-likeness (QED) is 0.431. The van der Waals surface area contributed by atoms with E-state index in [1.165, 1.54) is 22.9 Å². The molecule has 0 fully saturated rings. The smallest absolute Gasteiger partial charge is 0.291 e. The van der Waals surface area contributed by atoms with Gasteiger partial charge < -0.3 is 4.57 Å². The second-order valence-corrected chi connectivity index (χ2v) is 8.23. The molecule has 30 heavy (non-hydrogen) atoms. The highest BCUT2D eigenvalue weighted by Gasteiger charge is 2.20. The van der Waals surface area contributed by atoms with Crippen LogP contribution in [0.25, 0.3) is 21.3 Å². The lowest BCUT2D eigenvalue weighted by molar-refractivity contribution is 0.101. The van der Waals surface area contributed by atoms with Crippen molar-refractivity contribution < 1.29 is 4.79 Å². The fourth-order valence-electron chi connectivity index (χ4n) is 3.65. The van der Waals surface area contributed by atoms with Crippen molar-refractivity contribution in [1.29, 1.82) is 0 Å². The number of fused-ring (bicyclic) bond motifs is 3. The van der Waals surface area contributed by atoms with Gasteiger partial charge in [-0.1, -0.05) is 0 Å². The van der Waals surface area contributed by atoms with E-state index in [1.807, 2.05) is 13.1 Å². The Morgan fingerprint density at radius 3 is 2.87 bits per heavy atom. The van der Waals surface area contributed by atoms with E-state index in [2.05, 4.69) is 20.4 Å². The molecule has 0 saturated carbocycles. The van der Waals surface area contributed by atoms with Gasteiger partial charge in [0.2, 0.25) is 0 Å². The lowest BCUT2D eigenvalue weighted by Gasteiger charge is -2.05. The normalized spacial score (nSPS) is 11.7. The number of aromatic nitrogens is 8. The Bertz CT molecular complexity index is 1470. The van der Waals surface area contributed by atoms with Crippen molar-refractivity contribution in [3.05, 3.63) is 57.0 Å². The van der Waals surface area contributed by atoms with Crippen LogP contribution in [0.5, 0.6) is 0 Å². The minimum Gasteiger partial charge on any atom is -0.323 e. The summed E-state index contributed by atoms with van der Waals surface area (Å²) in [6.07, 6.45) is 5.75. The molecule has 1 N–H and O–H groups in total. The van der Waals surface area contributed by atoms with E-state index in [9.17, 15) is 9.59 Å².